The smallest absolute Gasteiger partial charge is 0.266 e. The van der Waals surface area contributed by atoms with E-state index in [-0.39, 0.29) is 11.1 Å². The third kappa shape index (κ3) is 0.736. The summed E-state index contributed by atoms with van der Waals surface area (Å²) >= 11 is 0. The van der Waals surface area contributed by atoms with Gasteiger partial charge in [0.2, 0.25) is 0 Å². The molecule has 0 spiro atoms. The predicted octanol–water partition coefficient (Wildman–Crippen LogP) is 0.499. The maximum Gasteiger partial charge on any atom is 0.282 e. The molecule has 1 N–H and O–H groups in total. The Balaban J connectivity index is 3.03. The standard InChI is InChI=1S/C8H5N3O/c9-5-6-7-3-1-2-4-11(7)10-8(6)12/h1-4H,(H,10,12). The maximum atomic E-state index is 11.1. The first-order chi connectivity index (χ1) is 5.83. The Kier molecular flexibility index (Phi) is 1.25. The minimum atomic E-state index is -0.344. The lowest BCUT2D eigenvalue weighted by Gasteiger charge is -1.89. The number of nitrogens with one attached hydrogen (secondary N) is 1. The minimum Gasteiger partial charge on any atom is -0.266 e. The molecule has 0 fully saturated rings. The first-order valence-electron chi connectivity index (χ1n) is 3.42. The van der Waals surface area contributed by atoms with Gasteiger partial charge >= 0.3 is 0 Å². The summed E-state index contributed by atoms with van der Waals surface area (Å²) in [4.78, 5) is 11.1. The first kappa shape index (κ1) is 6.68. The van der Waals surface area contributed by atoms with Gasteiger partial charge in [-0.25, -0.2) is 0 Å². The second-order valence-corrected chi connectivity index (χ2v) is 2.38. The fourth-order valence-electron chi connectivity index (χ4n) is 1.13. The van der Waals surface area contributed by atoms with Crippen molar-refractivity contribution in [2.45, 2.75) is 0 Å². The van der Waals surface area contributed by atoms with Gasteiger partial charge < -0.3 is 0 Å². The van der Waals surface area contributed by atoms with Crippen molar-refractivity contribution < 1.29 is 0 Å². The Morgan fingerprint density at radius 1 is 1.50 bits per heavy atom. The van der Waals surface area contributed by atoms with Crippen LogP contribution < -0.4 is 5.56 Å². The van der Waals surface area contributed by atoms with Gasteiger partial charge in [0.05, 0.1) is 5.52 Å². The Morgan fingerprint density at radius 3 is 3.08 bits per heavy atom. The second-order valence-electron chi connectivity index (χ2n) is 2.38. The highest BCUT2D eigenvalue weighted by molar-refractivity contribution is 5.59. The lowest BCUT2D eigenvalue weighted by Crippen LogP contribution is -2.02. The van der Waals surface area contributed by atoms with Gasteiger partial charge in [0, 0.05) is 6.20 Å². The predicted molar refractivity (Wildman–Crippen MR) is 42.7 cm³/mol. The average molecular weight is 159 g/mol. The van der Waals surface area contributed by atoms with Gasteiger partial charge in [-0.3, -0.25) is 14.4 Å². The van der Waals surface area contributed by atoms with E-state index in [9.17, 15) is 4.79 Å². The van der Waals surface area contributed by atoms with Crippen molar-refractivity contribution in [3.8, 4) is 6.07 Å². The molecule has 2 rings (SSSR count). The van der Waals surface area contributed by atoms with Gasteiger partial charge in [0.1, 0.15) is 11.6 Å². The monoisotopic (exact) mass is 159 g/mol. The number of hydrogen-bond acceptors (Lipinski definition) is 2. The molecule has 58 valence electrons. The van der Waals surface area contributed by atoms with Crippen LogP contribution in [0.5, 0.6) is 0 Å². The Hall–Kier alpha value is -2.02. The van der Waals surface area contributed by atoms with Gasteiger partial charge in [-0.2, -0.15) is 5.26 Å². The molecular formula is C8H5N3O. The quantitative estimate of drug-likeness (QED) is 0.608. The van der Waals surface area contributed by atoms with E-state index in [4.69, 9.17) is 5.26 Å². The van der Waals surface area contributed by atoms with Crippen molar-refractivity contribution in [3.63, 3.8) is 0 Å². The molecule has 0 aliphatic rings. The minimum absolute atomic E-state index is 0.163. The number of hydrogen-bond donors (Lipinski definition) is 1. The Morgan fingerprint density at radius 2 is 2.33 bits per heavy atom. The van der Waals surface area contributed by atoms with E-state index in [2.05, 4.69) is 5.10 Å². The fourth-order valence-corrected chi connectivity index (χ4v) is 1.13. The summed E-state index contributed by atoms with van der Waals surface area (Å²) in [6.07, 6.45) is 1.69. The van der Waals surface area contributed by atoms with Gasteiger partial charge in [0.15, 0.2) is 0 Å². The van der Waals surface area contributed by atoms with Crippen LogP contribution in [0.15, 0.2) is 29.2 Å². The van der Waals surface area contributed by atoms with Crippen molar-refractivity contribution in [2.24, 2.45) is 0 Å². The van der Waals surface area contributed by atoms with Crippen molar-refractivity contribution in [3.05, 3.63) is 40.3 Å². The third-order valence-corrected chi connectivity index (χ3v) is 1.68. The average Bonchev–Trinajstić information content (AvgIpc) is 2.40. The zero-order chi connectivity index (χ0) is 8.55. The van der Waals surface area contributed by atoms with Gasteiger partial charge in [-0.05, 0) is 12.1 Å². The van der Waals surface area contributed by atoms with E-state index >= 15 is 0 Å². The second kappa shape index (κ2) is 2.24. The van der Waals surface area contributed by atoms with Crippen LogP contribution in [0.1, 0.15) is 5.56 Å². The SMILES string of the molecule is N#Cc1c(=O)[nH]n2ccccc12. The van der Waals surface area contributed by atoms with Crippen LogP contribution in [0.4, 0.5) is 0 Å². The van der Waals surface area contributed by atoms with Gasteiger partial charge in [-0.1, -0.05) is 6.07 Å². The van der Waals surface area contributed by atoms with Crippen LogP contribution in [0, 0.1) is 11.3 Å². The molecule has 2 aromatic heterocycles. The number of aromatic amines is 1. The van der Waals surface area contributed by atoms with Gasteiger partial charge in [-0.15, -0.1) is 0 Å². The fraction of sp³-hybridized carbons (Fsp3) is 0. The van der Waals surface area contributed by atoms with Crippen LogP contribution >= 0.6 is 0 Å². The molecule has 4 nitrogen and oxygen atoms in total. The Bertz CT molecular complexity index is 515. The van der Waals surface area contributed by atoms with Crippen molar-refractivity contribution >= 4 is 5.52 Å². The van der Waals surface area contributed by atoms with E-state index < -0.39 is 0 Å². The number of fused-ring (bicyclic) bond motifs is 1. The maximum absolute atomic E-state index is 11.1. The van der Waals surface area contributed by atoms with E-state index in [1.807, 2.05) is 6.07 Å². The molecule has 0 amide bonds. The first-order valence-corrected chi connectivity index (χ1v) is 3.42. The highest BCUT2D eigenvalue weighted by Gasteiger charge is 2.05. The molecule has 2 heterocycles. The number of pyridine rings is 1. The van der Waals surface area contributed by atoms with E-state index in [1.54, 1.807) is 24.4 Å². The number of nitriles is 1. The lowest BCUT2D eigenvalue weighted by molar-refractivity contribution is 0.937. The van der Waals surface area contributed by atoms with Crippen LogP contribution in [0.2, 0.25) is 0 Å². The van der Waals surface area contributed by atoms with Crippen LogP contribution in [-0.4, -0.2) is 9.61 Å². The number of H-pyrrole nitrogens is 1. The van der Waals surface area contributed by atoms with Crippen molar-refractivity contribution in [1.29, 1.82) is 5.26 Å². The molecule has 0 radical (unpaired) electrons. The molecular weight excluding hydrogens is 154 g/mol. The number of rotatable bonds is 0. The lowest BCUT2D eigenvalue weighted by atomic mass is 10.3. The normalized spacial score (nSPS) is 9.92. The molecule has 12 heavy (non-hydrogen) atoms. The molecule has 0 unspecified atom stereocenters. The Labute approximate surface area is 67.7 Å². The zero-order valence-electron chi connectivity index (χ0n) is 6.11. The molecule has 0 atom stereocenters. The van der Waals surface area contributed by atoms with Crippen LogP contribution in [0.3, 0.4) is 0 Å². The van der Waals surface area contributed by atoms with E-state index in [1.165, 1.54) is 4.52 Å². The van der Waals surface area contributed by atoms with Crippen molar-refractivity contribution in [1.82, 2.24) is 9.61 Å². The highest BCUT2D eigenvalue weighted by Crippen LogP contribution is 2.02. The van der Waals surface area contributed by atoms with Crippen molar-refractivity contribution in [2.75, 3.05) is 0 Å². The largest absolute Gasteiger partial charge is 0.282 e. The summed E-state index contributed by atoms with van der Waals surface area (Å²) in [6.45, 7) is 0. The van der Waals surface area contributed by atoms with Crippen LogP contribution in [0.25, 0.3) is 5.52 Å². The molecule has 0 aliphatic heterocycles. The summed E-state index contributed by atoms with van der Waals surface area (Å²) in [7, 11) is 0. The topological polar surface area (TPSA) is 61.1 Å². The summed E-state index contributed by atoms with van der Waals surface area (Å²) in [5.74, 6) is 0. The summed E-state index contributed by atoms with van der Waals surface area (Å²) in [5, 5.41) is 11.1. The van der Waals surface area contributed by atoms with E-state index in [0.717, 1.165) is 0 Å². The highest BCUT2D eigenvalue weighted by atomic mass is 16.1. The zero-order valence-corrected chi connectivity index (χ0v) is 6.11. The molecule has 0 aromatic carbocycles. The molecule has 2 aromatic rings. The summed E-state index contributed by atoms with van der Waals surface area (Å²) in [6, 6.07) is 7.14. The molecule has 0 aliphatic carbocycles. The van der Waals surface area contributed by atoms with Gasteiger partial charge in [0.25, 0.3) is 5.56 Å². The number of nitrogens with zero attached hydrogens (tertiary/aromatic N) is 2. The number of aromatic nitrogens is 2. The van der Waals surface area contributed by atoms with E-state index in [0.29, 0.717) is 5.52 Å². The molecule has 0 saturated carbocycles. The summed E-state index contributed by atoms with van der Waals surface area (Å²) in [5.41, 5.74) is 0.435. The molecule has 0 bridgehead atoms. The third-order valence-electron chi connectivity index (χ3n) is 1.68. The molecule has 4 heteroatoms. The van der Waals surface area contributed by atoms with Crippen LogP contribution in [-0.2, 0) is 0 Å². The molecule has 0 saturated heterocycles. The summed E-state index contributed by atoms with van der Waals surface area (Å²) < 4.78 is 1.53.